The predicted octanol–water partition coefficient (Wildman–Crippen LogP) is 3.21. The van der Waals surface area contributed by atoms with Crippen LogP contribution in [-0.2, 0) is 6.42 Å². The first kappa shape index (κ1) is 20.9. The number of amides is 1. The number of pyridine rings is 1. The molecule has 0 fully saturated rings. The first-order chi connectivity index (χ1) is 15.6. The van der Waals surface area contributed by atoms with Crippen molar-refractivity contribution in [3.63, 3.8) is 0 Å². The van der Waals surface area contributed by atoms with Crippen molar-refractivity contribution in [1.29, 1.82) is 0 Å². The average Bonchev–Trinajstić information content (AvgIpc) is 3.34. The number of benzene rings is 2. The molecule has 4 aromatic rings. The normalized spacial score (nSPS) is 10.5. The van der Waals surface area contributed by atoms with E-state index in [0.29, 0.717) is 29.2 Å². The Balaban J connectivity index is 1.38. The van der Waals surface area contributed by atoms with Crippen molar-refractivity contribution < 1.29 is 9.53 Å². The van der Waals surface area contributed by atoms with Crippen molar-refractivity contribution in [1.82, 2.24) is 15.2 Å². The minimum atomic E-state index is -0.228. The lowest BCUT2D eigenvalue weighted by Crippen LogP contribution is -2.12. The number of nitrogens with one attached hydrogen (secondary N) is 3. The molecule has 9 heteroatoms. The molecule has 4 rings (SSSR count). The highest BCUT2D eigenvalue weighted by molar-refractivity contribution is 6.05. The third kappa shape index (κ3) is 5.02. The van der Waals surface area contributed by atoms with Gasteiger partial charge >= 0.3 is 0 Å². The number of nitrogens with zero attached hydrogens (tertiary/aromatic N) is 2. The Bertz CT molecular complexity index is 1190. The maximum atomic E-state index is 12.7. The fourth-order valence-corrected chi connectivity index (χ4v) is 3.12. The molecule has 1 amide bonds. The lowest BCUT2D eigenvalue weighted by Gasteiger charge is -2.10. The standard InChI is InChI=1S/C23H23N7O2/c24-22-21(30-25)9-8-20(29-22)16-2-1-3-17(12-16)23(31)28-18-4-6-19(7-5-18)32-11-10-15-13-26-27-14-15/h1-9,12-14,30H,10-11,25H2,(H2,24,29)(H,26,27)(H,28,31). The highest BCUT2D eigenvalue weighted by Gasteiger charge is 2.10. The highest BCUT2D eigenvalue weighted by Crippen LogP contribution is 2.24. The average molecular weight is 429 g/mol. The number of hydrogen-bond acceptors (Lipinski definition) is 7. The summed E-state index contributed by atoms with van der Waals surface area (Å²) in [7, 11) is 0. The fourth-order valence-electron chi connectivity index (χ4n) is 3.12. The lowest BCUT2D eigenvalue weighted by atomic mass is 10.1. The third-order valence-corrected chi connectivity index (χ3v) is 4.83. The number of aromatic amines is 1. The smallest absolute Gasteiger partial charge is 0.255 e. The topological polar surface area (TPSA) is 144 Å². The van der Waals surface area contributed by atoms with Crippen LogP contribution in [0.1, 0.15) is 15.9 Å². The van der Waals surface area contributed by atoms with Gasteiger partial charge in [-0.3, -0.25) is 15.7 Å². The maximum absolute atomic E-state index is 12.7. The minimum absolute atomic E-state index is 0.228. The molecule has 32 heavy (non-hydrogen) atoms. The number of nitrogens with two attached hydrogens (primary N) is 2. The summed E-state index contributed by atoms with van der Waals surface area (Å²) in [4.78, 5) is 17.1. The van der Waals surface area contributed by atoms with Crippen molar-refractivity contribution >= 4 is 23.1 Å². The van der Waals surface area contributed by atoms with Crippen LogP contribution in [0.25, 0.3) is 11.3 Å². The molecule has 0 saturated carbocycles. The SMILES string of the molecule is NNc1ccc(-c2cccc(C(=O)Nc3ccc(OCCc4cn[nH]c4)cc3)c2)nc1N. The number of ether oxygens (including phenoxy) is 1. The summed E-state index contributed by atoms with van der Waals surface area (Å²) in [5.74, 6) is 6.18. The zero-order valence-electron chi connectivity index (χ0n) is 17.2. The van der Waals surface area contributed by atoms with Gasteiger partial charge in [-0.2, -0.15) is 5.10 Å². The van der Waals surface area contributed by atoms with Crippen molar-refractivity contribution in [2.24, 2.45) is 5.84 Å². The van der Waals surface area contributed by atoms with Gasteiger partial charge < -0.3 is 21.2 Å². The van der Waals surface area contributed by atoms with Gasteiger partial charge in [0.2, 0.25) is 0 Å². The van der Waals surface area contributed by atoms with E-state index in [1.807, 2.05) is 24.4 Å². The van der Waals surface area contributed by atoms with E-state index in [2.05, 4.69) is 25.9 Å². The Labute approximate surface area is 184 Å². The van der Waals surface area contributed by atoms with E-state index in [0.717, 1.165) is 23.3 Å². The summed E-state index contributed by atoms with van der Waals surface area (Å²) in [5, 5.41) is 9.58. The molecular weight excluding hydrogens is 406 g/mol. The summed E-state index contributed by atoms with van der Waals surface area (Å²) in [5.41, 5.74) is 12.6. The van der Waals surface area contributed by atoms with Crippen molar-refractivity contribution in [3.05, 3.63) is 84.2 Å². The number of aromatic nitrogens is 3. The summed E-state index contributed by atoms with van der Waals surface area (Å²) in [6.45, 7) is 0.541. The molecule has 9 nitrogen and oxygen atoms in total. The summed E-state index contributed by atoms with van der Waals surface area (Å²) in [6.07, 6.45) is 4.38. The number of rotatable bonds is 8. The molecule has 2 heterocycles. The number of anilines is 3. The molecule has 2 aromatic heterocycles. The molecule has 0 spiro atoms. The molecule has 0 bridgehead atoms. The molecule has 7 N–H and O–H groups in total. The Morgan fingerprint density at radius 2 is 1.94 bits per heavy atom. The predicted molar refractivity (Wildman–Crippen MR) is 124 cm³/mol. The molecule has 0 radical (unpaired) electrons. The summed E-state index contributed by atoms with van der Waals surface area (Å²) < 4.78 is 5.73. The van der Waals surface area contributed by atoms with Crippen LogP contribution in [0, 0.1) is 0 Å². The van der Waals surface area contributed by atoms with Crippen LogP contribution in [0.3, 0.4) is 0 Å². The molecule has 0 unspecified atom stereocenters. The van der Waals surface area contributed by atoms with Crippen LogP contribution in [0.5, 0.6) is 5.75 Å². The zero-order valence-corrected chi connectivity index (χ0v) is 17.2. The van der Waals surface area contributed by atoms with Gasteiger partial charge in [-0.05, 0) is 54.1 Å². The number of H-pyrrole nitrogens is 1. The molecule has 0 aliphatic heterocycles. The van der Waals surface area contributed by atoms with Crippen LogP contribution in [0.4, 0.5) is 17.2 Å². The van der Waals surface area contributed by atoms with Crippen molar-refractivity contribution in [2.45, 2.75) is 6.42 Å². The highest BCUT2D eigenvalue weighted by atomic mass is 16.5. The van der Waals surface area contributed by atoms with E-state index in [1.54, 1.807) is 48.7 Å². The van der Waals surface area contributed by atoms with Crippen molar-refractivity contribution in [3.8, 4) is 17.0 Å². The number of carbonyl (C=O) groups is 1. The van der Waals surface area contributed by atoms with Gasteiger partial charge in [-0.1, -0.05) is 12.1 Å². The van der Waals surface area contributed by atoms with Gasteiger partial charge in [0.25, 0.3) is 5.91 Å². The first-order valence-corrected chi connectivity index (χ1v) is 9.98. The Hall–Kier alpha value is -4.37. The second-order valence-corrected chi connectivity index (χ2v) is 7.04. The quantitative estimate of drug-likeness (QED) is 0.214. The largest absolute Gasteiger partial charge is 0.493 e. The van der Waals surface area contributed by atoms with Crippen LogP contribution < -0.4 is 27.1 Å². The van der Waals surface area contributed by atoms with Crippen LogP contribution in [0.2, 0.25) is 0 Å². The monoisotopic (exact) mass is 429 g/mol. The molecule has 162 valence electrons. The Kier molecular flexibility index (Phi) is 6.28. The molecule has 0 aliphatic carbocycles. The van der Waals surface area contributed by atoms with Crippen molar-refractivity contribution in [2.75, 3.05) is 23.1 Å². The van der Waals surface area contributed by atoms with E-state index in [4.69, 9.17) is 16.3 Å². The van der Waals surface area contributed by atoms with Gasteiger partial charge in [0.15, 0.2) is 0 Å². The minimum Gasteiger partial charge on any atom is -0.493 e. The second-order valence-electron chi connectivity index (χ2n) is 7.04. The Morgan fingerprint density at radius 1 is 1.09 bits per heavy atom. The van der Waals surface area contributed by atoms with Gasteiger partial charge in [0.05, 0.1) is 24.2 Å². The number of hydrogen-bond donors (Lipinski definition) is 5. The van der Waals surface area contributed by atoms with Gasteiger partial charge in [0, 0.05) is 29.4 Å². The summed E-state index contributed by atoms with van der Waals surface area (Å²) >= 11 is 0. The van der Waals surface area contributed by atoms with E-state index >= 15 is 0 Å². The number of nitrogen functional groups attached to an aromatic ring is 2. The number of hydrazine groups is 1. The van der Waals surface area contributed by atoms with Gasteiger partial charge in [0.1, 0.15) is 11.6 Å². The Morgan fingerprint density at radius 3 is 2.66 bits per heavy atom. The second kappa shape index (κ2) is 9.63. The van der Waals surface area contributed by atoms with Gasteiger partial charge in [-0.25, -0.2) is 4.98 Å². The fraction of sp³-hybridized carbons (Fsp3) is 0.0870. The van der Waals surface area contributed by atoms with Crippen LogP contribution >= 0.6 is 0 Å². The lowest BCUT2D eigenvalue weighted by molar-refractivity contribution is 0.102. The maximum Gasteiger partial charge on any atom is 0.255 e. The van der Waals surface area contributed by atoms with E-state index in [-0.39, 0.29) is 11.7 Å². The molecule has 0 aliphatic rings. The third-order valence-electron chi connectivity index (χ3n) is 4.83. The van der Waals surface area contributed by atoms with E-state index in [1.165, 1.54) is 0 Å². The first-order valence-electron chi connectivity index (χ1n) is 9.98. The molecule has 0 saturated heterocycles. The van der Waals surface area contributed by atoms with E-state index in [9.17, 15) is 4.79 Å². The van der Waals surface area contributed by atoms with Gasteiger partial charge in [-0.15, -0.1) is 0 Å². The summed E-state index contributed by atoms with van der Waals surface area (Å²) in [6, 6.07) is 17.9. The van der Waals surface area contributed by atoms with E-state index < -0.39 is 0 Å². The van der Waals surface area contributed by atoms with Crippen LogP contribution in [0.15, 0.2) is 73.1 Å². The number of carbonyl (C=O) groups excluding carboxylic acids is 1. The molecule has 0 atom stereocenters. The molecular formula is C23H23N7O2. The zero-order chi connectivity index (χ0) is 22.3. The van der Waals surface area contributed by atoms with Crippen LogP contribution in [-0.4, -0.2) is 27.7 Å². The molecule has 2 aromatic carbocycles.